The van der Waals surface area contributed by atoms with E-state index in [-0.39, 0.29) is 13.2 Å². The van der Waals surface area contributed by atoms with Crippen molar-refractivity contribution in [2.45, 2.75) is 201 Å². The molecule has 3 aliphatic rings. The number of aliphatic hydroxyl groups is 9. The van der Waals surface area contributed by atoms with Gasteiger partial charge in [0.05, 0.1) is 32.5 Å². The van der Waals surface area contributed by atoms with E-state index >= 15 is 0 Å². The molecule has 17 nitrogen and oxygen atoms in total. The summed E-state index contributed by atoms with van der Waals surface area (Å²) in [6.07, 6.45) is -0.860. The highest BCUT2D eigenvalue weighted by atomic mass is 16.8. The van der Waals surface area contributed by atoms with Gasteiger partial charge in [0.2, 0.25) is 0 Å². The molecule has 0 spiro atoms. The van der Waals surface area contributed by atoms with Gasteiger partial charge in [-0.25, -0.2) is 0 Å². The van der Waals surface area contributed by atoms with Gasteiger partial charge in [-0.1, -0.05) is 0 Å². The molecule has 0 aromatic heterocycles. The fraction of sp³-hybridized carbons (Fsp3) is 1.00. The van der Waals surface area contributed by atoms with Crippen molar-refractivity contribution in [2.24, 2.45) is 0 Å². The summed E-state index contributed by atoms with van der Waals surface area (Å²) in [5.74, 6) is -6.73. The van der Waals surface area contributed by atoms with E-state index in [1.807, 2.05) is 0 Å². The highest BCUT2D eigenvalue weighted by molar-refractivity contribution is 5.29. The Balaban J connectivity index is 2.30. The lowest BCUT2D eigenvalue weighted by atomic mass is 9.58. The Kier molecular flexibility index (Phi) is 11.9. The minimum Gasteiger partial charge on any atom is -0.393 e. The third-order valence-electron chi connectivity index (χ3n) is 15.5. The molecule has 0 aromatic carbocycles. The van der Waals surface area contributed by atoms with Crippen LogP contribution in [0, 0.1) is 0 Å². The van der Waals surface area contributed by atoms with E-state index in [0.717, 1.165) is 6.92 Å². The number of hydrogen-bond acceptors (Lipinski definition) is 17. The molecular weight excluding hydrogens is 728 g/mol. The topological polar surface area (TPSA) is 256 Å². The fourth-order valence-electron chi connectivity index (χ4n) is 9.19. The monoisotopic (exact) mass is 800 g/mol. The zero-order valence-corrected chi connectivity index (χ0v) is 36.2. The summed E-state index contributed by atoms with van der Waals surface area (Å²) in [5, 5.41) is 106. The molecule has 3 aliphatic heterocycles. The van der Waals surface area contributed by atoms with E-state index in [4.69, 9.17) is 37.9 Å². The Morgan fingerprint density at radius 1 is 0.455 bits per heavy atom. The fourth-order valence-corrected chi connectivity index (χ4v) is 9.19. The highest BCUT2D eigenvalue weighted by Gasteiger charge is 2.84. The SMILES string of the molecule is CO[C@@]1(C)OC(C)(CO)[C@@](C)(O[C@@]2(C)OC(C)(CO)[C@@](C)(O[C@@]3(C)OC(C)(COCC(C)O)[C@@](C)(OC)[C@@](C)(O)C3(C)O)[C@@](C)(O)C2(C)O)[C@@](C)(O)C1(C)O. The predicted octanol–water partition coefficient (Wildman–Crippen LogP) is -0.00820. The van der Waals surface area contributed by atoms with Gasteiger partial charge in [0.15, 0.2) is 17.4 Å². The quantitative estimate of drug-likeness (QED) is 0.126. The molecule has 3 saturated heterocycles. The molecule has 3 fully saturated rings. The molecule has 0 saturated carbocycles. The average molecular weight is 801 g/mol. The minimum absolute atomic E-state index is 0.120. The Morgan fingerprint density at radius 2 is 0.764 bits per heavy atom. The summed E-state index contributed by atoms with van der Waals surface area (Å²) in [4.78, 5) is 0. The number of methoxy groups -OCH3 is 2. The molecule has 17 heteroatoms. The molecule has 0 bridgehead atoms. The van der Waals surface area contributed by atoms with Gasteiger partial charge in [-0.3, -0.25) is 0 Å². The van der Waals surface area contributed by atoms with Gasteiger partial charge in [-0.05, 0) is 111 Å². The predicted molar refractivity (Wildman–Crippen MR) is 196 cm³/mol. The molecule has 3 heterocycles. The lowest BCUT2D eigenvalue weighted by Crippen LogP contribution is -2.91. The smallest absolute Gasteiger partial charge is 0.198 e. The first-order chi connectivity index (χ1) is 24.2. The van der Waals surface area contributed by atoms with E-state index < -0.39 is 104 Å². The van der Waals surface area contributed by atoms with Crippen LogP contribution in [-0.2, 0) is 37.9 Å². The molecule has 16 atom stereocenters. The Hall–Kier alpha value is -0.680. The van der Waals surface area contributed by atoms with Crippen LogP contribution in [0.1, 0.15) is 111 Å². The van der Waals surface area contributed by atoms with E-state index in [9.17, 15) is 46.0 Å². The minimum atomic E-state index is -2.63. The van der Waals surface area contributed by atoms with Crippen molar-refractivity contribution in [2.75, 3.05) is 40.6 Å². The summed E-state index contributed by atoms with van der Waals surface area (Å²) < 4.78 is 50.0. The molecule has 0 aliphatic carbocycles. The van der Waals surface area contributed by atoms with Crippen LogP contribution in [0.5, 0.6) is 0 Å². The van der Waals surface area contributed by atoms with Gasteiger partial charge >= 0.3 is 0 Å². The molecule has 326 valence electrons. The Labute approximate surface area is 325 Å². The molecule has 7 unspecified atom stereocenters. The normalized spacial score (nSPS) is 58.1. The van der Waals surface area contributed by atoms with Crippen LogP contribution < -0.4 is 0 Å². The van der Waals surface area contributed by atoms with E-state index in [1.54, 1.807) is 6.92 Å². The number of rotatable bonds is 12. The zero-order valence-electron chi connectivity index (χ0n) is 36.2. The van der Waals surface area contributed by atoms with Crippen LogP contribution in [-0.4, -0.2) is 177 Å². The molecule has 55 heavy (non-hydrogen) atoms. The molecule has 0 radical (unpaired) electrons. The van der Waals surface area contributed by atoms with Crippen LogP contribution >= 0.6 is 0 Å². The first kappa shape index (κ1) is 48.7. The zero-order chi connectivity index (χ0) is 43.6. The van der Waals surface area contributed by atoms with Crippen molar-refractivity contribution in [3.63, 3.8) is 0 Å². The highest BCUT2D eigenvalue weighted by Crippen LogP contribution is 2.64. The van der Waals surface area contributed by atoms with Gasteiger partial charge in [-0.2, -0.15) is 0 Å². The lowest BCUT2D eigenvalue weighted by Gasteiger charge is -2.73. The Bertz CT molecular complexity index is 1430. The van der Waals surface area contributed by atoms with Gasteiger partial charge in [-0.15, -0.1) is 0 Å². The third kappa shape index (κ3) is 5.75. The summed E-state index contributed by atoms with van der Waals surface area (Å²) in [7, 11) is 2.57. The van der Waals surface area contributed by atoms with Gasteiger partial charge in [0.25, 0.3) is 0 Å². The summed E-state index contributed by atoms with van der Waals surface area (Å²) >= 11 is 0. The van der Waals surface area contributed by atoms with Crippen molar-refractivity contribution in [3.05, 3.63) is 0 Å². The van der Waals surface area contributed by atoms with Gasteiger partial charge < -0.3 is 83.9 Å². The van der Waals surface area contributed by atoms with Crippen LogP contribution in [0.2, 0.25) is 0 Å². The number of hydrogen-bond donors (Lipinski definition) is 9. The molecular formula is C38H72O17. The lowest BCUT2D eigenvalue weighted by molar-refractivity contribution is -0.540. The van der Waals surface area contributed by atoms with Crippen molar-refractivity contribution in [1.29, 1.82) is 0 Å². The first-order valence-electron chi connectivity index (χ1n) is 18.6. The van der Waals surface area contributed by atoms with Crippen LogP contribution in [0.15, 0.2) is 0 Å². The molecule has 9 N–H and O–H groups in total. The van der Waals surface area contributed by atoms with Gasteiger partial charge in [0.1, 0.15) is 67.2 Å². The van der Waals surface area contributed by atoms with E-state index in [2.05, 4.69) is 0 Å². The van der Waals surface area contributed by atoms with E-state index in [0.29, 0.717) is 0 Å². The van der Waals surface area contributed by atoms with Crippen LogP contribution in [0.4, 0.5) is 0 Å². The maximum Gasteiger partial charge on any atom is 0.198 e. The summed E-state index contributed by atoms with van der Waals surface area (Å²) in [5.41, 5.74) is -26.5. The average Bonchev–Trinajstić information content (AvgIpc) is 3.04. The Morgan fingerprint density at radius 3 is 1.07 bits per heavy atom. The van der Waals surface area contributed by atoms with Crippen molar-refractivity contribution >= 4 is 0 Å². The second kappa shape index (κ2) is 13.4. The second-order valence-electron chi connectivity index (χ2n) is 18.7. The van der Waals surface area contributed by atoms with Crippen molar-refractivity contribution in [1.82, 2.24) is 0 Å². The third-order valence-corrected chi connectivity index (χ3v) is 15.5. The van der Waals surface area contributed by atoms with Crippen molar-refractivity contribution < 1.29 is 83.9 Å². The van der Waals surface area contributed by atoms with E-state index in [1.165, 1.54) is 111 Å². The largest absolute Gasteiger partial charge is 0.393 e. The maximum atomic E-state index is 12.9. The molecule has 3 rings (SSSR count). The number of aliphatic hydroxyl groups excluding tert-OH is 3. The number of ether oxygens (including phenoxy) is 8. The van der Waals surface area contributed by atoms with Crippen LogP contribution in [0.3, 0.4) is 0 Å². The standard InChI is InChI=1S/C38H72O17/c1-23(41)19-50-22-26(4)33(11,48-17)27(5,42)31(9,46)38(16,53-26)55-35(13)25(3,21-40)52-37(15,32(10,47)29(35,7)44)54-34(12)24(2,20-39)51-36(14,49-18)30(8,45)28(34,6)43/h23,39-47H,19-22H2,1-18H3/t23?,24?,25?,26?,27-,28-,29-,30?,31?,32?,33+,34+,35+,36-,37+,38+/m0/s1. The summed E-state index contributed by atoms with van der Waals surface area (Å²) in [6, 6.07) is 0. The summed E-state index contributed by atoms with van der Waals surface area (Å²) in [6.45, 7) is 19.1. The first-order valence-corrected chi connectivity index (χ1v) is 18.6. The second-order valence-corrected chi connectivity index (χ2v) is 18.7. The maximum absolute atomic E-state index is 12.9. The van der Waals surface area contributed by atoms with Crippen LogP contribution in [0.25, 0.3) is 0 Å². The molecule has 0 aromatic rings. The van der Waals surface area contributed by atoms with Gasteiger partial charge in [0, 0.05) is 14.2 Å². The molecule has 0 amide bonds. The van der Waals surface area contributed by atoms with Crippen molar-refractivity contribution in [3.8, 4) is 0 Å².